The van der Waals surface area contributed by atoms with Crippen molar-refractivity contribution in [1.82, 2.24) is 15.5 Å². The Kier molecular flexibility index (Phi) is 7.42. The molecule has 1 heterocycles. The van der Waals surface area contributed by atoms with Crippen LogP contribution < -0.4 is 16.0 Å². The molecule has 0 radical (unpaired) electrons. The summed E-state index contributed by atoms with van der Waals surface area (Å²) in [4.78, 5) is 50.6. The molecule has 1 atom stereocenters. The van der Waals surface area contributed by atoms with Crippen molar-refractivity contribution in [1.29, 1.82) is 0 Å². The third kappa shape index (κ3) is 6.04. The molecule has 3 N–H and O–H groups in total. The lowest BCUT2D eigenvalue weighted by atomic mass is 10.0. The topological polar surface area (TPSA) is 108 Å². The summed E-state index contributed by atoms with van der Waals surface area (Å²) in [5.41, 5.74) is 2.31. The minimum atomic E-state index is -0.589. The number of halogens is 1. The van der Waals surface area contributed by atoms with Gasteiger partial charge in [0, 0.05) is 5.69 Å². The number of nitrogens with zero attached hydrogens (tertiary/aromatic N) is 1. The Balaban J connectivity index is 1.45. The Morgan fingerprint density at radius 2 is 1.71 bits per heavy atom. The Bertz CT molecular complexity index is 1250. The lowest BCUT2D eigenvalue weighted by Crippen LogP contribution is -2.32. The highest BCUT2D eigenvalue weighted by molar-refractivity contribution is 6.33. The van der Waals surface area contributed by atoms with E-state index in [0.717, 1.165) is 10.5 Å². The number of hydrogen-bond acceptors (Lipinski definition) is 4. The van der Waals surface area contributed by atoms with Gasteiger partial charge in [-0.25, -0.2) is 4.79 Å². The maximum absolute atomic E-state index is 12.9. The predicted octanol–water partition coefficient (Wildman–Crippen LogP) is 3.89. The van der Waals surface area contributed by atoms with Crippen LogP contribution in [0.1, 0.15) is 33.9 Å². The smallest absolute Gasteiger partial charge is 0.324 e. The molecule has 5 amide bonds. The predicted molar refractivity (Wildman–Crippen MR) is 132 cm³/mol. The highest BCUT2D eigenvalue weighted by atomic mass is 35.5. The zero-order valence-electron chi connectivity index (χ0n) is 18.7. The highest BCUT2D eigenvalue weighted by Crippen LogP contribution is 2.22. The largest absolute Gasteiger partial charge is 0.345 e. The van der Waals surface area contributed by atoms with E-state index in [1.165, 1.54) is 0 Å². The zero-order chi connectivity index (χ0) is 24.8. The number of carbonyl (C=O) groups is 4. The molecule has 0 saturated carbocycles. The van der Waals surface area contributed by atoms with Gasteiger partial charge in [0.15, 0.2) is 0 Å². The Morgan fingerprint density at radius 3 is 2.43 bits per heavy atom. The summed E-state index contributed by atoms with van der Waals surface area (Å²) in [7, 11) is 0. The van der Waals surface area contributed by atoms with Gasteiger partial charge in [-0.1, -0.05) is 66.2 Å². The molecular formula is C26H23ClN4O4. The van der Waals surface area contributed by atoms with Crippen LogP contribution >= 0.6 is 11.6 Å². The summed E-state index contributed by atoms with van der Waals surface area (Å²) in [5.74, 6) is -0.998. The summed E-state index contributed by atoms with van der Waals surface area (Å²) in [6, 6.07) is 21.8. The maximum atomic E-state index is 12.9. The molecule has 178 valence electrons. The second-order valence-electron chi connectivity index (χ2n) is 8.01. The third-order valence-corrected chi connectivity index (χ3v) is 5.83. The average molecular weight is 491 g/mol. The van der Waals surface area contributed by atoms with E-state index in [-0.39, 0.29) is 37.2 Å². The summed E-state index contributed by atoms with van der Waals surface area (Å²) in [6.45, 7) is 0.0883. The van der Waals surface area contributed by atoms with Gasteiger partial charge in [-0.15, -0.1) is 0 Å². The van der Waals surface area contributed by atoms with Gasteiger partial charge < -0.3 is 16.0 Å². The molecule has 0 spiro atoms. The maximum Gasteiger partial charge on any atom is 0.324 e. The molecule has 0 bridgehead atoms. The minimum absolute atomic E-state index is 0.0164. The molecule has 3 aromatic carbocycles. The van der Waals surface area contributed by atoms with Crippen LogP contribution in [-0.2, 0) is 16.1 Å². The van der Waals surface area contributed by atoms with Gasteiger partial charge in [0.1, 0.15) is 0 Å². The zero-order valence-corrected chi connectivity index (χ0v) is 19.4. The van der Waals surface area contributed by atoms with Gasteiger partial charge in [0.25, 0.3) is 5.91 Å². The SMILES string of the molecule is O=C(CC(NC(=O)c1ccccc1Cl)c1ccccc1)Nc1cccc(CN2C(=O)CNC2=O)c1. The molecule has 0 aliphatic carbocycles. The van der Waals surface area contributed by atoms with Gasteiger partial charge in [0.05, 0.1) is 36.1 Å². The third-order valence-electron chi connectivity index (χ3n) is 5.50. The number of amides is 5. The molecular weight excluding hydrogens is 468 g/mol. The summed E-state index contributed by atoms with van der Waals surface area (Å²) in [6.07, 6.45) is -0.0164. The lowest BCUT2D eigenvalue weighted by molar-refractivity contribution is -0.125. The molecule has 1 aliphatic heterocycles. The highest BCUT2D eigenvalue weighted by Gasteiger charge is 2.28. The molecule has 35 heavy (non-hydrogen) atoms. The Hall–Kier alpha value is -4.17. The van der Waals surface area contributed by atoms with Crippen molar-refractivity contribution in [2.75, 3.05) is 11.9 Å². The van der Waals surface area contributed by atoms with Crippen molar-refractivity contribution in [3.05, 3.63) is 101 Å². The average Bonchev–Trinajstić information content (AvgIpc) is 3.16. The van der Waals surface area contributed by atoms with Crippen LogP contribution in [0.5, 0.6) is 0 Å². The fraction of sp³-hybridized carbons (Fsp3) is 0.154. The fourth-order valence-corrected chi connectivity index (χ4v) is 3.98. The Morgan fingerprint density at radius 1 is 0.971 bits per heavy atom. The van der Waals surface area contributed by atoms with Crippen molar-refractivity contribution in [2.24, 2.45) is 0 Å². The van der Waals surface area contributed by atoms with Gasteiger partial charge in [0.2, 0.25) is 11.8 Å². The number of urea groups is 1. The molecule has 0 aromatic heterocycles. The normalized spacial score (nSPS) is 13.8. The minimum Gasteiger partial charge on any atom is -0.345 e. The number of benzene rings is 3. The van der Waals surface area contributed by atoms with Crippen molar-refractivity contribution in [3.8, 4) is 0 Å². The molecule has 1 aliphatic rings. The lowest BCUT2D eigenvalue weighted by Gasteiger charge is -2.20. The van der Waals surface area contributed by atoms with Crippen LogP contribution in [0, 0.1) is 0 Å². The fourth-order valence-electron chi connectivity index (χ4n) is 3.76. The number of hydrogen-bond donors (Lipinski definition) is 3. The molecule has 8 nitrogen and oxygen atoms in total. The standard InChI is InChI=1S/C26H23ClN4O4/c27-21-12-5-4-11-20(21)25(34)30-22(18-8-2-1-3-9-18)14-23(32)29-19-10-6-7-17(13-19)16-31-24(33)15-28-26(31)35/h1-13,22H,14-16H2,(H,28,35)(H,29,32)(H,30,34). The number of imide groups is 1. The molecule has 4 rings (SSSR count). The number of anilines is 1. The van der Waals surface area contributed by atoms with Crippen molar-refractivity contribution in [2.45, 2.75) is 19.0 Å². The van der Waals surface area contributed by atoms with Crippen LogP contribution in [0.3, 0.4) is 0 Å². The van der Waals surface area contributed by atoms with Crippen molar-refractivity contribution >= 4 is 41.0 Å². The van der Waals surface area contributed by atoms with Crippen molar-refractivity contribution in [3.63, 3.8) is 0 Å². The van der Waals surface area contributed by atoms with E-state index in [1.807, 2.05) is 30.3 Å². The number of carbonyl (C=O) groups excluding carboxylic acids is 4. The molecule has 9 heteroatoms. The second-order valence-corrected chi connectivity index (χ2v) is 8.42. The van der Waals surface area contributed by atoms with E-state index in [0.29, 0.717) is 21.8 Å². The van der Waals surface area contributed by atoms with E-state index >= 15 is 0 Å². The molecule has 3 aromatic rings. The van der Waals surface area contributed by atoms with Gasteiger partial charge >= 0.3 is 6.03 Å². The monoisotopic (exact) mass is 490 g/mol. The van der Waals surface area contributed by atoms with E-state index < -0.39 is 12.1 Å². The van der Waals surface area contributed by atoms with Gasteiger partial charge in [-0.2, -0.15) is 0 Å². The quantitative estimate of drug-likeness (QED) is 0.416. The number of nitrogens with one attached hydrogen (secondary N) is 3. The second kappa shape index (κ2) is 10.8. The summed E-state index contributed by atoms with van der Waals surface area (Å²) in [5, 5.41) is 8.54. The van der Waals surface area contributed by atoms with Crippen LogP contribution in [-0.4, -0.2) is 35.2 Å². The molecule has 1 fully saturated rings. The van der Waals surface area contributed by atoms with Gasteiger partial charge in [-0.3, -0.25) is 19.3 Å². The van der Waals surface area contributed by atoms with Crippen LogP contribution in [0.2, 0.25) is 5.02 Å². The summed E-state index contributed by atoms with van der Waals surface area (Å²) < 4.78 is 0. The van der Waals surface area contributed by atoms with E-state index in [9.17, 15) is 19.2 Å². The first-order valence-corrected chi connectivity index (χ1v) is 11.4. The van der Waals surface area contributed by atoms with E-state index in [4.69, 9.17) is 11.6 Å². The van der Waals surface area contributed by atoms with Crippen LogP contribution in [0.25, 0.3) is 0 Å². The number of rotatable bonds is 8. The van der Waals surface area contributed by atoms with E-state index in [2.05, 4.69) is 16.0 Å². The van der Waals surface area contributed by atoms with E-state index in [1.54, 1.807) is 48.5 Å². The van der Waals surface area contributed by atoms with Gasteiger partial charge in [-0.05, 0) is 35.4 Å². The first-order valence-electron chi connectivity index (χ1n) is 11.0. The Labute approximate surface area is 207 Å². The summed E-state index contributed by atoms with van der Waals surface area (Å²) >= 11 is 6.17. The molecule has 1 saturated heterocycles. The first-order chi connectivity index (χ1) is 16.9. The molecule has 1 unspecified atom stereocenters. The first kappa shape index (κ1) is 24.0. The van der Waals surface area contributed by atoms with Crippen LogP contribution in [0.15, 0.2) is 78.9 Å². The van der Waals surface area contributed by atoms with Crippen molar-refractivity contribution < 1.29 is 19.2 Å². The van der Waals surface area contributed by atoms with Crippen LogP contribution in [0.4, 0.5) is 10.5 Å².